The van der Waals surface area contributed by atoms with Crippen LogP contribution in [0.1, 0.15) is 49.9 Å². The van der Waals surface area contributed by atoms with Crippen LogP contribution in [0.4, 0.5) is 10.6 Å². The zero-order chi connectivity index (χ0) is 22.9. The van der Waals surface area contributed by atoms with Crippen molar-refractivity contribution in [2.24, 2.45) is 5.92 Å². The van der Waals surface area contributed by atoms with Gasteiger partial charge in [0.1, 0.15) is 21.1 Å². The number of nitrogens with zero attached hydrogens (tertiary/aromatic N) is 4. The molecule has 3 rings (SSSR count). The molecular weight excluding hydrogens is 440 g/mol. The smallest absolute Gasteiger partial charge is 0.410 e. The summed E-state index contributed by atoms with van der Waals surface area (Å²) in [6.45, 7) is 13.9. The van der Waals surface area contributed by atoms with Crippen molar-refractivity contribution in [3.05, 3.63) is 15.7 Å². The second-order valence-electron chi connectivity index (χ2n) is 9.00. The summed E-state index contributed by atoms with van der Waals surface area (Å²) >= 11 is 7.46. The van der Waals surface area contributed by atoms with Gasteiger partial charge in [-0.3, -0.25) is 0 Å². The predicted molar refractivity (Wildman–Crippen MR) is 122 cm³/mol. The maximum atomic E-state index is 12.6. The zero-order valence-corrected chi connectivity index (χ0v) is 20.4. The van der Waals surface area contributed by atoms with Crippen LogP contribution in [0.5, 0.6) is 0 Å². The predicted octanol–water partition coefficient (Wildman–Crippen LogP) is 4.52. The first-order chi connectivity index (χ1) is 14.5. The fourth-order valence-electron chi connectivity index (χ4n) is 3.25. The Morgan fingerprint density at radius 2 is 1.81 bits per heavy atom. The minimum absolute atomic E-state index is 0.125. The van der Waals surface area contributed by atoms with Crippen LogP contribution in [-0.4, -0.2) is 65.3 Å². The van der Waals surface area contributed by atoms with Crippen molar-refractivity contribution < 1.29 is 19.1 Å². The van der Waals surface area contributed by atoms with Crippen molar-refractivity contribution in [3.63, 3.8) is 0 Å². The van der Waals surface area contributed by atoms with Crippen LogP contribution in [0.3, 0.4) is 0 Å². The molecule has 0 aliphatic carbocycles. The third-order valence-corrected chi connectivity index (χ3v) is 6.04. The van der Waals surface area contributed by atoms with Gasteiger partial charge in [0, 0.05) is 26.2 Å². The molecule has 0 aromatic carbocycles. The van der Waals surface area contributed by atoms with E-state index in [0.717, 1.165) is 10.9 Å². The molecule has 1 aliphatic rings. The number of rotatable bonds is 4. The van der Waals surface area contributed by atoms with Gasteiger partial charge in [0.15, 0.2) is 0 Å². The number of carbonyl (C=O) groups is 2. The van der Waals surface area contributed by atoms with Gasteiger partial charge in [0.2, 0.25) is 5.28 Å². The largest absolute Gasteiger partial charge is 0.461 e. The number of fused-ring (bicyclic) bond motifs is 1. The molecule has 1 aliphatic heterocycles. The van der Waals surface area contributed by atoms with Gasteiger partial charge in [-0.1, -0.05) is 13.8 Å². The number of esters is 1. The van der Waals surface area contributed by atoms with Gasteiger partial charge in [-0.25, -0.2) is 14.6 Å². The molecule has 10 heteroatoms. The number of ether oxygens (including phenoxy) is 2. The number of amides is 1. The van der Waals surface area contributed by atoms with Crippen molar-refractivity contribution in [1.29, 1.82) is 0 Å². The van der Waals surface area contributed by atoms with Crippen molar-refractivity contribution in [3.8, 4) is 0 Å². The van der Waals surface area contributed by atoms with Crippen LogP contribution in [0.25, 0.3) is 10.2 Å². The lowest BCUT2D eigenvalue weighted by molar-refractivity contribution is 0.0240. The van der Waals surface area contributed by atoms with E-state index in [1.807, 2.05) is 41.5 Å². The third-order valence-electron chi connectivity index (χ3n) is 4.71. The second-order valence-corrected chi connectivity index (χ2v) is 10.3. The molecule has 1 amide bonds. The van der Waals surface area contributed by atoms with Gasteiger partial charge >= 0.3 is 12.1 Å². The molecule has 0 N–H and O–H groups in total. The summed E-state index contributed by atoms with van der Waals surface area (Å²) in [5, 5.41) is 0.928. The lowest BCUT2D eigenvalue weighted by Crippen LogP contribution is -2.50. The number of hydrogen-bond acceptors (Lipinski definition) is 8. The minimum atomic E-state index is -0.533. The summed E-state index contributed by atoms with van der Waals surface area (Å²) in [4.78, 5) is 38.6. The van der Waals surface area contributed by atoms with E-state index in [4.69, 9.17) is 21.1 Å². The highest BCUT2D eigenvalue weighted by molar-refractivity contribution is 7.20. The normalized spacial score (nSPS) is 15.0. The number of aromatic nitrogens is 2. The SMILES string of the molecule is Cc1c(C(=O)OCC(C)C)sc2nc(Cl)nc(N3CCN(C(=O)OC(C)(C)C)CC3)c12. The summed E-state index contributed by atoms with van der Waals surface area (Å²) < 4.78 is 10.9. The average Bonchev–Trinajstić information content (AvgIpc) is 3.00. The van der Waals surface area contributed by atoms with Crippen molar-refractivity contribution >= 4 is 51.0 Å². The molecule has 0 bridgehead atoms. The first-order valence-electron chi connectivity index (χ1n) is 10.3. The molecule has 0 spiro atoms. The van der Waals surface area contributed by atoms with Crippen LogP contribution in [0.2, 0.25) is 5.28 Å². The Labute approximate surface area is 191 Å². The van der Waals surface area contributed by atoms with Crippen molar-refractivity contribution in [2.75, 3.05) is 37.7 Å². The van der Waals surface area contributed by atoms with Crippen LogP contribution in [0, 0.1) is 12.8 Å². The summed E-state index contributed by atoms with van der Waals surface area (Å²) in [5.74, 6) is 0.575. The summed E-state index contributed by atoms with van der Waals surface area (Å²) in [7, 11) is 0. The van der Waals surface area contributed by atoms with Gasteiger partial charge in [0.25, 0.3) is 0 Å². The molecule has 0 radical (unpaired) electrons. The lowest BCUT2D eigenvalue weighted by atomic mass is 10.2. The molecule has 0 atom stereocenters. The van der Waals surface area contributed by atoms with E-state index in [0.29, 0.717) is 48.3 Å². The molecule has 170 valence electrons. The fourth-order valence-corrected chi connectivity index (χ4v) is 4.54. The minimum Gasteiger partial charge on any atom is -0.461 e. The van der Waals surface area contributed by atoms with E-state index in [9.17, 15) is 9.59 Å². The molecule has 31 heavy (non-hydrogen) atoms. The van der Waals surface area contributed by atoms with Crippen LogP contribution in [0.15, 0.2) is 0 Å². The fraction of sp³-hybridized carbons (Fsp3) is 0.619. The van der Waals surface area contributed by atoms with Gasteiger partial charge in [0.05, 0.1) is 12.0 Å². The van der Waals surface area contributed by atoms with Gasteiger partial charge < -0.3 is 19.3 Å². The highest BCUT2D eigenvalue weighted by Crippen LogP contribution is 2.37. The van der Waals surface area contributed by atoms with Crippen LogP contribution >= 0.6 is 22.9 Å². The molecule has 0 unspecified atom stereocenters. The Morgan fingerprint density at radius 1 is 1.16 bits per heavy atom. The van der Waals surface area contributed by atoms with Crippen molar-refractivity contribution in [1.82, 2.24) is 14.9 Å². The maximum Gasteiger partial charge on any atom is 0.410 e. The summed E-state index contributed by atoms with van der Waals surface area (Å²) in [6.07, 6.45) is -0.320. The molecule has 0 saturated carbocycles. The quantitative estimate of drug-likeness (QED) is 0.481. The van der Waals surface area contributed by atoms with E-state index in [1.165, 1.54) is 11.3 Å². The van der Waals surface area contributed by atoms with E-state index in [1.54, 1.807) is 4.90 Å². The first kappa shape index (κ1) is 23.5. The number of aryl methyl sites for hydroxylation is 1. The Balaban J connectivity index is 1.83. The van der Waals surface area contributed by atoms with E-state index in [2.05, 4.69) is 14.9 Å². The number of thiophene rings is 1. The Kier molecular flexibility index (Phi) is 6.95. The number of piperazine rings is 1. The monoisotopic (exact) mass is 468 g/mol. The van der Waals surface area contributed by atoms with Crippen LogP contribution < -0.4 is 4.90 Å². The van der Waals surface area contributed by atoms with Gasteiger partial charge in [-0.15, -0.1) is 11.3 Å². The molecule has 1 saturated heterocycles. The lowest BCUT2D eigenvalue weighted by Gasteiger charge is -2.36. The van der Waals surface area contributed by atoms with Crippen molar-refractivity contribution in [2.45, 2.75) is 47.1 Å². The number of anilines is 1. The molecule has 2 aromatic rings. The Morgan fingerprint density at radius 3 is 2.39 bits per heavy atom. The summed E-state index contributed by atoms with van der Waals surface area (Å²) in [6, 6.07) is 0. The standard InChI is InChI=1S/C21H29ClN4O4S/c1-12(2)11-29-18(27)15-13(3)14-16(23-19(22)24-17(14)31-15)25-7-9-26(10-8-25)20(28)30-21(4,5)6/h12H,7-11H2,1-6H3. The van der Waals surface area contributed by atoms with E-state index >= 15 is 0 Å². The number of hydrogen-bond donors (Lipinski definition) is 0. The summed E-state index contributed by atoms with van der Waals surface area (Å²) in [5.41, 5.74) is 0.254. The van der Waals surface area contributed by atoms with Gasteiger partial charge in [-0.05, 0) is 50.8 Å². The zero-order valence-electron chi connectivity index (χ0n) is 18.8. The average molecular weight is 469 g/mol. The molecule has 2 aromatic heterocycles. The Hall–Kier alpha value is -2.13. The first-order valence-corrected chi connectivity index (χ1v) is 11.5. The molecule has 8 nitrogen and oxygen atoms in total. The van der Waals surface area contributed by atoms with E-state index < -0.39 is 5.60 Å². The van der Waals surface area contributed by atoms with Gasteiger partial charge in [-0.2, -0.15) is 4.98 Å². The molecule has 1 fully saturated rings. The highest BCUT2D eigenvalue weighted by Gasteiger charge is 2.29. The number of carbonyl (C=O) groups excluding carboxylic acids is 2. The topological polar surface area (TPSA) is 84.9 Å². The Bertz CT molecular complexity index is 978. The highest BCUT2D eigenvalue weighted by atomic mass is 35.5. The molecule has 3 heterocycles. The maximum absolute atomic E-state index is 12.6. The molecular formula is C21H29ClN4O4S. The third kappa shape index (κ3) is 5.57. The second kappa shape index (κ2) is 9.16. The van der Waals surface area contributed by atoms with E-state index in [-0.39, 0.29) is 23.3 Å². The van der Waals surface area contributed by atoms with Crippen LogP contribution in [-0.2, 0) is 9.47 Å². The number of halogens is 1.